The van der Waals surface area contributed by atoms with Crippen molar-refractivity contribution in [2.75, 3.05) is 5.73 Å². The zero-order chi connectivity index (χ0) is 9.42. The highest BCUT2D eigenvalue weighted by Gasteiger charge is 2.03. The number of pyridine rings is 1. The first-order chi connectivity index (χ1) is 6.20. The van der Waals surface area contributed by atoms with Crippen molar-refractivity contribution < 1.29 is 0 Å². The Bertz CT molecular complexity index is 466. The fourth-order valence-electron chi connectivity index (χ4n) is 1.40. The van der Waals surface area contributed by atoms with E-state index in [1.807, 2.05) is 25.1 Å². The molecule has 0 aliphatic rings. The van der Waals surface area contributed by atoms with E-state index in [1.165, 1.54) is 0 Å². The van der Waals surface area contributed by atoms with Gasteiger partial charge >= 0.3 is 0 Å². The van der Waals surface area contributed by atoms with Gasteiger partial charge in [0.05, 0.1) is 0 Å². The molecule has 0 bridgehead atoms. The number of aryl methyl sites for hydroxylation is 1. The summed E-state index contributed by atoms with van der Waals surface area (Å²) in [5.74, 6) is 0.553. The van der Waals surface area contributed by atoms with E-state index in [0.29, 0.717) is 5.82 Å². The molecule has 0 spiro atoms. The van der Waals surface area contributed by atoms with Crippen molar-refractivity contribution >= 4 is 28.2 Å². The van der Waals surface area contributed by atoms with Gasteiger partial charge in [0, 0.05) is 16.6 Å². The van der Waals surface area contributed by atoms with E-state index in [-0.39, 0.29) is 0 Å². The Labute approximate surface area is 81.3 Å². The Kier molecular flexibility index (Phi) is 1.85. The van der Waals surface area contributed by atoms with Crippen molar-refractivity contribution in [3.8, 4) is 0 Å². The van der Waals surface area contributed by atoms with Crippen LogP contribution in [-0.2, 0) is 0 Å². The topological polar surface area (TPSA) is 38.9 Å². The maximum absolute atomic E-state index is 5.98. The molecule has 0 amide bonds. The van der Waals surface area contributed by atoms with E-state index in [4.69, 9.17) is 17.3 Å². The van der Waals surface area contributed by atoms with Gasteiger partial charge in [-0.15, -0.1) is 0 Å². The molecule has 0 atom stereocenters. The highest BCUT2D eigenvalue weighted by molar-refractivity contribution is 6.32. The lowest BCUT2D eigenvalue weighted by Gasteiger charge is -2.05. The second-order valence-corrected chi connectivity index (χ2v) is 3.37. The maximum Gasteiger partial charge on any atom is 0.131 e. The average molecular weight is 193 g/mol. The van der Waals surface area contributed by atoms with Gasteiger partial charge in [-0.2, -0.15) is 0 Å². The van der Waals surface area contributed by atoms with E-state index in [9.17, 15) is 0 Å². The largest absolute Gasteiger partial charge is 0.383 e. The lowest BCUT2D eigenvalue weighted by atomic mass is 10.1. The van der Waals surface area contributed by atoms with Crippen LogP contribution in [0.2, 0.25) is 5.02 Å². The predicted octanol–water partition coefficient (Wildman–Crippen LogP) is 2.78. The van der Waals surface area contributed by atoms with Crippen molar-refractivity contribution in [1.29, 1.82) is 0 Å². The van der Waals surface area contributed by atoms with Gasteiger partial charge in [0.1, 0.15) is 5.82 Å². The van der Waals surface area contributed by atoms with Crippen LogP contribution >= 0.6 is 11.6 Å². The van der Waals surface area contributed by atoms with Crippen LogP contribution < -0.4 is 5.73 Å². The van der Waals surface area contributed by atoms with Crippen molar-refractivity contribution in [3.05, 3.63) is 35.0 Å². The molecule has 1 aromatic heterocycles. The number of nitrogen functional groups attached to an aromatic ring is 1. The molecule has 0 unspecified atom stereocenters. The molecule has 2 aromatic rings. The third-order valence-corrected chi connectivity index (χ3v) is 2.59. The highest BCUT2D eigenvalue weighted by Crippen LogP contribution is 2.27. The Morgan fingerprint density at radius 2 is 2.00 bits per heavy atom. The van der Waals surface area contributed by atoms with Crippen LogP contribution in [0.1, 0.15) is 5.56 Å². The lowest BCUT2D eigenvalue weighted by molar-refractivity contribution is 1.36. The Hall–Kier alpha value is -1.28. The molecule has 1 heterocycles. The monoisotopic (exact) mass is 192 g/mol. The number of anilines is 1. The fraction of sp³-hybridized carbons (Fsp3) is 0.100. The lowest BCUT2D eigenvalue weighted by Crippen LogP contribution is -1.91. The van der Waals surface area contributed by atoms with E-state index < -0.39 is 0 Å². The van der Waals surface area contributed by atoms with Crippen LogP contribution in [0.15, 0.2) is 24.4 Å². The van der Waals surface area contributed by atoms with Gasteiger partial charge in [-0.1, -0.05) is 11.6 Å². The molecule has 2 rings (SSSR count). The third-order valence-electron chi connectivity index (χ3n) is 2.18. The Morgan fingerprint density at radius 1 is 1.23 bits per heavy atom. The van der Waals surface area contributed by atoms with Crippen LogP contribution in [-0.4, -0.2) is 4.98 Å². The SMILES string of the molecule is Cc1c(Cl)ccc2c(N)nccc12. The maximum atomic E-state index is 5.98. The summed E-state index contributed by atoms with van der Waals surface area (Å²) in [6.07, 6.45) is 1.70. The van der Waals surface area contributed by atoms with Gasteiger partial charge < -0.3 is 5.73 Å². The van der Waals surface area contributed by atoms with Crippen LogP contribution in [0, 0.1) is 6.92 Å². The average Bonchev–Trinajstić information content (AvgIpc) is 2.12. The summed E-state index contributed by atoms with van der Waals surface area (Å²) >= 11 is 5.98. The van der Waals surface area contributed by atoms with Gasteiger partial charge in [0.25, 0.3) is 0 Å². The standard InChI is InChI=1S/C10H9ClN2/c1-6-7-4-5-13-10(12)8(7)2-3-9(6)11/h2-5H,1H3,(H2,12,13). The summed E-state index contributed by atoms with van der Waals surface area (Å²) in [6, 6.07) is 5.66. The van der Waals surface area contributed by atoms with Gasteiger partial charge in [0.15, 0.2) is 0 Å². The highest BCUT2D eigenvalue weighted by atomic mass is 35.5. The van der Waals surface area contributed by atoms with Crippen LogP contribution in [0.25, 0.3) is 10.8 Å². The number of nitrogens with two attached hydrogens (primary N) is 1. The molecule has 13 heavy (non-hydrogen) atoms. The van der Waals surface area contributed by atoms with Crippen molar-refractivity contribution in [3.63, 3.8) is 0 Å². The molecule has 0 aliphatic carbocycles. The number of benzene rings is 1. The fourth-order valence-corrected chi connectivity index (χ4v) is 1.57. The summed E-state index contributed by atoms with van der Waals surface area (Å²) in [7, 11) is 0. The van der Waals surface area contributed by atoms with Crippen LogP contribution in [0.4, 0.5) is 5.82 Å². The minimum atomic E-state index is 0.553. The van der Waals surface area contributed by atoms with E-state index in [0.717, 1.165) is 21.4 Å². The number of nitrogens with zero attached hydrogens (tertiary/aromatic N) is 1. The first-order valence-electron chi connectivity index (χ1n) is 3.99. The van der Waals surface area contributed by atoms with Gasteiger partial charge in [-0.05, 0) is 36.1 Å². The molecule has 0 radical (unpaired) electrons. The molecule has 0 aliphatic heterocycles. The predicted molar refractivity (Wildman–Crippen MR) is 55.9 cm³/mol. The quantitative estimate of drug-likeness (QED) is 0.697. The number of hydrogen-bond acceptors (Lipinski definition) is 2. The van der Waals surface area contributed by atoms with E-state index in [2.05, 4.69) is 4.98 Å². The number of rotatable bonds is 0. The number of halogens is 1. The van der Waals surface area contributed by atoms with Gasteiger partial charge in [-0.3, -0.25) is 0 Å². The zero-order valence-electron chi connectivity index (χ0n) is 7.21. The van der Waals surface area contributed by atoms with E-state index >= 15 is 0 Å². The van der Waals surface area contributed by atoms with Crippen molar-refractivity contribution in [2.24, 2.45) is 0 Å². The van der Waals surface area contributed by atoms with Crippen LogP contribution in [0.5, 0.6) is 0 Å². The second-order valence-electron chi connectivity index (χ2n) is 2.96. The summed E-state index contributed by atoms with van der Waals surface area (Å²) in [5, 5.41) is 2.79. The number of fused-ring (bicyclic) bond motifs is 1. The summed E-state index contributed by atoms with van der Waals surface area (Å²) < 4.78 is 0. The Morgan fingerprint density at radius 3 is 2.77 bits per heavy atom. The zero-order valence-corrected chi connectivity index (χ0v) is 7.97. The minimum absolute atomic E-state index is 0.553. The summed E-state index contributed by atoms with van der Waals surface area (Å²) in [4.78, 5) is 4.01. The Balaban J connectivity index is 2.94. The molecule has 1 aromatic carbocycles. The third kappa shape index (κ3) is 1.23. The van der Waals surface area contributed by atoms with Gasteiger partial charge in [0.2, 0.25) is 0 Å². The van der Waals surface area contributed by atoms with Crippen molar-refractivity contribution in [2.45, 2.75) is 6.92 Å². The normalized spacial score (nSPS) is 10.6. The molecule has 0 saturated heterocycles. The number of aromatic nitrogens is 1. The number of hydrogen-bond donors (Lipinski definition) is 1. The molecule has 2 nitrogen and oxygen atoms in total. The van der Waals surface area contributed by atoms with Gasteiger partial charge in [-0.25, -0.2) is 4.98 Å². The van der Waals surface area contributed by atoms with Crippen LogP contribution in [0.3, 0.4) is 0 Å². The summed E-state index contributed by atoms with van der Waals surface area (Å²) in [6.45, 7) is 1.98. The molecule has 0 saturated carbocycles. The minimum Gasteiger partial charge on any atom is -0.383 e. The van der Waals surface area contributed by atoms with E-state index in [1.54, 1.807) is 6.20 Å². The summed E-state index contributed by atoms with van der Waals surface area (Å²) in [5.41, 5.74) is 6.77. The molecular weight excluding hydrogens is 184 g/mol. The molecular formula is C10H9ClN2. The smallest absolute Gasteiger partial charge is 0.131 e. The molecule has 3 heteroatoms. The first-order valence-corrected chi connectivity index (χ1v) is 4.37. The second kappa shape index (κ2) is 2.89. The molecule has 0 fully saturated rings. The first kappa shape index (κ1) is 8.32. The molecule has 2 N–H and O–H groups in total. The van der Waals surface area contributed by atoms with Crippen molar-refractivity contribution in [1.82, 2.24) is 4.98 Å². The molecule has 66 valence electrons.